The lowest BCUT2D eigenvalue weighted by Crippen LogP contribution is -2.21. The number of fused-ring (bicyclic) bond motifs is 1. The Balaban J connectivity index is 0.000000213. The summed E-state index contributed by atoms with van der Waals surface area (Å²) in [7, 11) is 1.81. The third-order valence-corrected chi connectivity index (χ3v) is 2.64. The molecule has 14 heavy (non-hydrogen) atoms. The summed E-state index contributed by atoms with van der Waals surface area (Å²) in [5.41, 5.74) is 8.05. The average molecular weight is 190 g/mol. The normalized spacial score (nSPS) is 13.2. The van der Waals surface area contributed by atoms with Crippen LogP contribution in [0.3, 0.4) is 0 Å². The second kappa shape index (κ2) is 5.84. The number of rotatable bonds is 1. The smallest absolute Gasteiger partial charge is 0.173 e. The first-order chi connectivity index (χ1) is 6.79. The number of nitrogens with one attached hydrogen (secondary N) is 1. The Hall–Kier alpha value is -0.795. The largest absolute Gasteiger partial charge is 0.319 e. The summed E-state index contributed by atoms with van der Waals surface area (Å²) in [6.07, 6.45) is 2.64. The molecule has 0 fully saturated rings. The molecule has 0 amide bonds. The Morgan fingerprint density at radius 3 is 2.64 bits per heavy atom. The molecule has 1 aliphatic heterocycles. The van der Waals surface area contributed by atoms with Crippen molar-refractivity contribution in [2.45, 2.75) is 19.6 Å². The Labute approximate surface area is 87.0 Å². The SMILES string of the molecule is CB1CCc2ccccc21.CNCN. The second-order valence-electron chi connectivity index (χ2n) is 3.70. The van der Waals surface area contributed by atoms with Crippen molar-refractivity contribution in [1.82, 2.24) is 5.32 Å². The van der Waals surface area contributed by atoms with Gasteiger partial charge in [0.2, 0.25) is 0 Å². The molecule has 2 nitrogen and oxygen atoms in total. The maximum atomic E-state index is 4.92. The van der Waals surface area contributed by atoms with Crippen molar-refractivity contribution >= 4 is 12.2 Å². The van der Waals surface area contributed by atoms with Gasteiger partial charge >= 0.3 is 0 Å². The second-order valence-corrected chi connectivity index (χ2v) is 3.70. The standard InChI is InChI=1S/C9H11B.C2H8N2/c1-10-7-6-8-4-2-3-5-9(8)10;1-4-2-3/h2-5H,6-7H2,1H3;4H,2-3H2,1H3. The topological polar surface area (TPSA) is 38.0 Å². The first kappa shape index (κ1) is 11.3. The molecule has 1 aromatic rings. The zero-order valence-electron chi connectivity index (χ0n) is 9.09. The molecular weight excluding hydrogens is 171 g/mol. The van der Waals surface area contributed by atoms with Crippen LogP contribution in [0.25, 0.3) is 0 Å². The van der Waals surface area contributed by atoms with Crippen LogP contribution < -0.4 is 16.5 Å². The minimum Gasteiger partial charge on any atom is -0.319 e. The minimum absolute atomic E-state index is 0.569. The highest BCUT2D eigenvalue weighted by Crippen LogP contribution is 2.12. The van der Waals surface area contributed by atoms with Crippen molar-refractivity contribution < 1.29 is 0 Å². The van der Waals surface area contributed by atoms with Crippen LogP contribution in [0.4, 0.5) is 0 Å². The highest BCUT2D eigenvalue weighted by atomic mass is 14.9. The lowest BCUT2D eigenvalue weighted by molar-refractivity contribution is 0.833. The first-order valence-corrected chi connectivity index (χ1v) is 5.22. The third kappa shape index (κ3) is 2.86. The van der Waals surface area contributed by atoms with Gasteiger partial charge in [0, 0.05) is 6.67 Å². The average Bonchev–Trinajstić information content (AvgIpc) is 2.62. The fraction of sp³-hybridized carbons (Fsp3) is 0.455. The molecule has 0 radical (unpaired) electrons. The molecule has 2 rings (SSSR count). The Kier molecular flexibility index (Phi) is 4.70. The van der Waals surface area contributed by atoms with Crippen LogP contribution in [0.5, 0.6) is 0 Å². The molecular formula is C11H19BN2. The van der Waals surface area contributed by atoms with Crippen LogP contribution in [0.2, 0.25) is 13.1 Å². The molecule has 0 spiro atoms. The Bertz CT molecular complexity index is 274. The van der Waals surface area contributed by atoms with Crippen LogP contribution in [0.15, 0.2) is 24.3 Å². The fourth-order valence-corrected chi connectivity index (χ4v) is 1.77. The highest BCUT2D eigenvalue weighted by Gasteiger charge is 2.19. The van der Waals surface area contributed by atoms with Gasteiger partial charge in [-0.3, -0.25) is 0 Å². The molecule has 76 valence electrons. The lowest BCUT2D eigenvalue weighted by atomic mass is 9.48. The van der Waals surface area contributed by atoms with Crippen molar-refractivity contribution in [2.24, 2.45) is 5.73 Å². The van der Waals surface area contributed by atoms with Gasteiger partial charge in [0.25, 0.3) is 0 Å². The van der Waals surface area contributed by atoms with E-state index < -0.39 is 0 Å². The zero-order chi connectivity index (χ0) is 10.4. The van der Waals surface area contributed by atoms with Crippen molar-refractivity contribution in [1.29, 1.82) is 0 Å². The van der Waals surface area contributed by atoms with Gasteiger partial charge in [-0.2, -0.15) is 0 Å². The minimum atomic E-state index is 0.569. The number of hydrogen-bond acceptors (Lipinski definition) is 2. The Morgan fingerprint density at radius 1 is 1.43 bits per heavy atom. The molecule has 1 aliphatic rings. The molecule has 0 saturated carbocycles. The molecule has 0 atom stereocenters. The predicted molar refractivity (Wildman–Crippen MR) is 64.3 cm³/mol. The molecule has 0 unspecified atom stereocenters. The van der Waals surface area contributed by atoms with E-state index in [1.54, 1.807) is 18.1 Å². The first-order valence-electron chi connectivity index (χ1n) is 5.22. The summed E-state index contributed by atoms with van der Waals surface area (Å²) in [5.74, 6) is 0. The molecule has 3 N–H and O–H groups in total. The summed E-state index contributed by atoms with van der Waals surface area (Å²) in [5, 5.41) is 2.71. The van der Waals surface area contributed by atoms with Crippen molar-refractivity contribution in [3.8, 4) is 0 Å². The van der Waals surface area contributed by atoms with Gasteiger partial charge in [0.1, 0.15) is 0 Å². The third-order valence-electron chi connectivity index (χ3n) is 2.64. The van der Waals surface area contributed by atoms with E-state index in [4.69, 9.17) is 5.73 Å². The van der Waals surface area contributed by atoms with E-state index in [-0.39, 0.29) is 0 Å². The molecule has 0 saturated heterocycles. The Morgan fingerprint density at radius 2 is 2.07 bits per heavy atom. The van der Waals surface area contributed by atoms with Gasteiger partial charge in [-0.05, 0) is 13.5 Å². The van der Waals surface area contributed by atoms with Crippen LogP contribution >= 0.6 is 0 Å². The van der Waals surface area contributed by atoms with Crippen molar-refractivity contribution in [3.05, 3.63) is 29.8 Å². The van der Waals surface area contributed by atoms with Crippen molar-refractivity contribution in [2.75, 3.05) is 13.7 Å². The number of aryl methyl sites for hydroxylation is 1. The molecule has 1 heterocycles. The zero-order valence-corrected chi connectivity index (χ0v) is 9.09. The lowest BCUT2D eigenvalue weighted by Gasteiger charge is -1.98. The fourth-order valence-electron chi connectivity index (χ4n) is 1.77. The van der Waals surface area contributed by atoms with Crippen LogP contribution in [0, 0.1) is 0 Å². The van der Waals surface area contributed by atoms with Gasteiger partial charge < -0.3 is 11.1 Å². The van der Waals surface area contributed by atoms with E-state index in [9.17, 15) is 0 Å². The summed E-state index contributed by atoms with van der Waals surface area (Å²) in [4.78, 5) is 0. The summed E-state index contributed by atoms with van der Waals surface area (Å²) < 4.78 is 0. The van der Waals surface area contributed by atoms with Crippen LogP contribution in [-0.4, -0.2) is 20.4 Å². The molecule has 0 aromatic heterocycles. The predicted octanol–water partition coefficient (Wildman–Crippen LogP) is 0.696. The molecule has 1 aromatic carbocycles. The van der Waals surface area contributed by atoms with Crippen LogP contribution in [-0.2, 0) is 6.42 Å². The van der Waals surface area contributed by atoms with E-state index in [0.717, 1.165) is 6.71 Å². The van der Waals surface area contributed by atoms with Gasteiger partial charge in [-0.1, -0.05) is 48.4 Å². The van der Waals surface area contributed by atoms with E-state index in [2.05, 4.69) is 36.4 Å². The van der Waals surface area contributed by atoms with E-state index in [0.29, 0.717) is 6.67 Å². The van der Waals surface area contributed by atoms with Gasteiger partial charge in [-0.15, -0.1) is 0 Å². The quantitative estimate of drug-likeness (QED) is 0.505. The van der Waals surface area contributed by atoms with E-state index in [1.807, 2.05) is 0 Å². The molecule has 0 aliphatic carbocycles. The summed E-state index contributed by atoms with van der Waals surface area (Å²) in [6, 6.07) is 8.78. The van der Waals surface area contributed by atoms with Gasteiger partial charge in [0.15, 0.2) is 6.71 Å². The molecule has 3 heteroatoms. The number of benzene rings is 1. The number of nitrogens with two attached hydrogens (primary N) is 1. The summed E-state index contributed by atoms with van der Waals surface area (Å²) >= 11 is 0. The monoisotopic (exact) mass is 190 g/mol. The highest BCUT2D eigenvalue weighted by molar-refractivity contribution is 6.73. The number of hydrogen-bond donors (Lipinski definition) is 2. The van der Waals surface area contributed by atoms with Gasteiger partial charge in [-0.25, -0.2) is 0 Å². The van der Waals surface area contributed by atoms with Gasteiger partial charge in [0.05, 0.1) is 0 Å². The molecule has 0 bridgehead atoms. The van der Waals surface area contributed by atoms with Crippen LogP contribution in [0.1, 0.15) is 5.56 Å². The maximum Gasteiger partial charge on any atom is 0.173 e. The van der Waals surface area contributed by atoms with E-state index in [1.165, 1.54) is 12.7 Å². The summed E-state index contributed by atoms with van der Waals surface area (Å²) in [6.45, 7) is 3.68. The van der Waals surface area contributed by atoms with E-state index >= 15 is 0 Å². The maximum absolute atomic E-state index is 4.92. The van der Waals surface area contributed by atoms with Crippen molar-refractivity contribution in [3.63, 3.8) is 0 Å².